The van der Waals surface area contributed by atoms with Gasteiger partial charge in [0.25, 0.3) is 0 Å². The van der Waals surface area contributed by atoms with Crippen molar-refractivity contribution in [3.05, 3.63) is 22.8 Å². The van der Waals surface area contributed by atoms with E-state index in [1.165, 1.54) is 74.1 Å². The monoisotopic (exact) mass is 619 g/mol. The maximum Gasteiger partial charge on any atom is 0.0859 e. The quantitative estimate of drug-likeness (QED) is 0.295. The summed E-state index contributed by atoms with van der Waals surface area (Å²) in [7, 11) is 0. The molecule has 0 fully saturated rings. The predicted molar refractivity (Wildman–Crippen MR) is 195 cm³/mol. The zero-order chi connectivity index (χ0) is 34.8. The summed E-state index contributed by atoms with van der Waals surface area (Å²) in [6.07, 6.45) is 15.1. The molecule has 6 nitrogen and oxygen atoms in total. The van der Waals surface area contributed by atoms with Gasteiger partial charge < -0.3 is 0 Å². The number of fused-ring (bicyclic) bond motifs is 2. The molecule has 0 amide bonds. The van der Waals surface area contributed by atoms with Gasteiger partial charge in [0.2, 0.25) is 0 Å². The van der Waals surface area contributed by atoms with Gasteiger partial charge in [0.05, 0.1) is 33.9 Å². The van der Waals surface area contributed by atoms with Gasteiger partial charge in [0, 0.05) is 0 Å². The average Bonchev–Trinajstić information content (AvgIpc) is 3.43. The molecule has 44 heavy (non-hydrogen) atoms. The van der Waals surface area contributed by atoms with E-state index in [-0.39, 0.29) is 11.1 Å². The second-order valence-electron chi connectivity index (χ2n) is 17.0. The summed E-state index contributed by atoms with van der Waals surface area (Å²) >= 11 is 0. The van der Waals surface area contributed by atoms with E-state index in [1.807, 2.05) is 27.7 Å². The van der Waals surface area contributed by atoms with Crippen molar-refractivity contribution >= 4 is 0 Å². The number of aromatic nitrogens is 6. The molecule has 2 aromatic rings. The molecule has 0 aliphatic heterocycles. The molecule has 0 spiro atoms. The van der Waals surface area contributed by atoms with E-state index in [2.05, 4.69) is 127 Å². The minimum atomic E-state index is 0.0692. The minimum absolute atomic E-state index is 0.0692. The van der Waals surface area contributed by atoms with Crippen LogP contribution >= 0.6 is 0 Å². The molecular weight excluding hydrogens is 540 g/mol. The first-order valence-corrected chi connectivity index (χ1v) is 18.1. The molecule has 0 radical (unpaired) electrons. The van der Waals surface area contributed by atoms with E-state index in [0.717, 1.165) is 25.7 Å². The highest BCUT2D eigenvalue weighted by atomic mass is 15.5. The van der Waals surface area contributed by atoms with Crippen LogP contribution in [0.25, 0.3) is 0 Å². The Morgan fingerprint density at radius 1 is 0.386 bits per heavy atom. The van der Waals surface area contributed by atoms with E-state index < -0.39 is 0 Å². The van der Waals surface area contributed by atoms with Gasteiger partial charge in [0.15, 0.2) is 0 Å². The van der Waals surface area contributed by atoms with Crippen LogP contribution in [0.4, 0.5) is 0 Å². The lowest BCUT2D eigenvalue weighted by Gasteiger charge is -2.22. The summed E-state index contributed by atoms with van der Waals surface area (Å²) in [5, 5.41) is 17.3. The SMILES string of the molecule is CC.CC.CC(C)(C)C.CC(C)(C)C.CC(C)(C)n1nnc2c1CCCCCC2.CC(C)(C)n1nnc2c1CCCCCC2. The van der Waals surface area contributed by atoms with E-state index in [1.54, 1.807) is 0 Å². The van der Waals surface area contributed by atoms with Gasteiger partial charge in [-0.1, -0.05) is 119 Å². The Balaban J connectivity index is 0. The summed E-state index contributed by atoms with van der Waals surface area (Å²) in [5.74, 6) is 0. The van der Waals surface area contributed by atoms with Crippen LogP contribution in [-0.4, -0.2) is 30.0 Å². The molecule has 0 N–H and O–H groups in total. The number of hydrogen-bond acceptors (Lipinski definition) is 4. The van der Waals surface area contributed by atoms with Crippen LogP contribution in [0, 0.1) is 10.8 Å². The van der Waals surface area contributed by atoms with Crippen molar-refractivity contribution in [3.63, 3.8) is 0 Å². The fourth-order valence-electron chi connectivity index (χ4n) is 4.51. The lowest BCUT2D eigenvalue weighted by atomic mass is 10.00. The molecule has 0 saturated carbocycles. The first-order valence-electron chi connectivity index (χ1n) is 18.1. The molecule has 0 aromatic carbocycles. The summed E-state index contributed by atoms with van der Waals surface area (Å²) in [5.41, 5.74) is 6.37. The first-order chi connectivity index (χ1) is 20.2. The molecule has 0 bridgehead atoms. The largest absolute Gasteiger partial charge is 0.244 e. The minimum Gasteiger partial charge on any atom is -0.244 e. The van der Waals surface area contributed by atoms with Crippen molar-refractivity contribution < 1.29 is 0 Å². The number of nitrogens with zero attached hydrogens (tertiary/aromatic N) is 6. The zero-order valence-corrected chi connectivity index (χ0v) is 33.2. The van der Waals surface area contributed by atoms with E-state index >= 15 is 0 Å². The van der Waals surface area contributed by atoms with Crippen LogP contribution < -0.4 is 0 Å². The average molecular weight is 619 g/mol. The summed E-state index contributed by atoms with van der Waals surface area (Å²) < 4.78 is 4.24. The standard InChI is InChI=1S/2C12H21N3.2C5H12.2C2H6/c2*1-12(2,3)15-11-9-7-5-4-6-8-10(11)13-14-15;2*1-5(2,3)4;2*1-2/h2*4-9H2,1-3H3;2*1-4H3;2*1-2H3. The van der Waals surface area contributed by atoms with Gasteiger partial charge in [-0.05, 0) is 104 Å². The Hall–Kier alpha value is -1.72. The highest BCUT2D eigenvalue weighted by Gasteiger charge is 2.23. The lowest BCUT2D eigenvalue weighted by Crippen LogP contribution is -2.26. The Morgan fingerprint density at radius 2 is 0.614 bits per heavy atom. The van der Waals surface area contributed by atoms with Crippen LogP contribution in [0.15, 0.2) is 0 Å². The molecular formula is C38H78N6. The summed E-state index contributed by atoms with van der Waals surface area (Å²) in [6, 6.07) is 0. The van der Waals surface area contributed by atoms with Crippen LogP contribution in [0.5, 0.6) is 0 Å². The van der Waals surface area contributed by atoms with Crippen molar-refractivity contribution in [3.8, 4) is 0 Å². The van der Waals surface area contributed by atoms with Crippen molar-refractivity contribution in [2.24, 2.45) is 10.8 Å². The lowest BCUT2D eigenvalue weighted by molar-refractivity contribution is 0.333. The molecule has 2 aromatic heterocycles. The third-order valence-electron chi connectivity index (χ3n) is 6.11. The Bertz CT molecular complexity index is 879. The van der Waals surface area contributed by atoms with Crippen molar-refractivity contribution in [1.29, 1.82) is 0 Å². The molecule has 2 heterocycles. The number of rotatable bonds is 0. The van der Waals surface area contributed by atoms with Crippen molar-refractivity contribution in [2.75, 3.05) is 0 Å². The van der Waals surface area contributed by atoms with Gasteiger partial charge in [-0.15, -0.1) is 10.2 Å². The number of aryl methyl sites for hydroxylation is 2. The van der Waals surface area contributed by atoms with Gasteiger partial charge in [-0.25, -0.2) is 9.36 Å². The van der Waals surface area contributed by atoms with Gasteiger partial charge in [-0.3, -0.25) is 0 Å². The number of hydrogen-bond donors (Lipinski definition) is 0. The summed E-state index contributed by atoms with van der Waals surface area (Å²) in [4.78, 5) is 0. The highest BCUT2D eigenvalue weighted by molar-refractivity contribution is 5.14. The van der Waals surface area contributed by atoms with Crippen LogP contribution in [-0.2, 0) is 36.8 Å². The fourth-order valence-corrected chi connectivity index (χ4v) is 4.51. The molecule has 0 atom stereocenters. The molecule has 0 unspecified atom stereocenters. The smallest absolute Gasteiger partial charge is 0.0859 e. The van der Waals surface area contributed by atoms with Gasteiger partial charge in [0.1, 0.15) is 0 Å². The fraction of sp³-hybridized carbons (Fsp3) is 0.895. The first kappa shape index (κ1) is 44.4. The maximum atomic E-state index is 4.34. The predicted octanol–water partition coefficient (Wildman–Crippen LogP) is 11.5. The van der Waals surface area contributed by atoms with Crippen LogP contribution in [0.2, 0.25) is 0 Å². The molecule has 4 rings (SSSR count). The Morgan fingerprint density at radius 3 is 0.841 bits per heavy atom. The topological polar surface area (TPSA) is 61.4 Å². The van der Waals surface area contributed by atoms with Gasteiger partial charge >= 0.3 is 0 Å². The second-order valence-corrected chi connectivity index (χ2v) is 17.0. The third kappa shape index (κ3) is 21.1. The van der Waals surface area contributed by atoms with E-state index in [4.69, 9.17) is 0 Å². The van der Waals surface area contributed by atoms with Gasteiger partial charge in [-0.2, -0.15) is 0 Å². The molecule has 2 aliphatic carbocycles. The summed E-state index contributed by atoms with van der Waals surface area (Å²) in [6.45, 7) is 38.7. The molecule has 260 valence electrons. The Labute approximate surface area is 276 Å². The molecule has 0 saturated heterocycles. The van der Waals surface area contributed by atoms with Crippen LogP contribution in [0.1, 0.15) is 199 Å². The van der Waals surface area contributed by atoms with E-state index in [0.29, 0.717) is 10.8 Å². The van der Waals surface area contributed by atoms with E-state index in [9.17, 15) is 0 Å². The second kappa shape index (κ2) is 21.1. The highest BCUT2D eigenvalue weighted by Crippen LogP contribution is 2.24. The van der Waals surface area contributed by atoms with Crippen molar-refractivity contribution in [2.45, 2.75) is 213 Å². The normalized spacial score (nSPS) is 15.3. The van der Waals surface area contributed by atoms with Crippen LogP contribution in [0.3, 0.4) is 0 Å². The third-order valence-corrected chi connectivity index (χ3v) is 6.11. The zero-order valence-electron chi connectivity index (χ0n) is 33.2. The molecule has 6 heteroatoms. The maximum absolute atomic E-state index is 4.34. The van der Waals surface area contributed by atoms with Crippen molar-refractivity contribution in [1.82, 2.24) is 30.0 Å². The molecule has 2 aliphatic rings. The Kier molecular flexibility index (Phi) is 21.3.